The zero-order chi connectivity index (χ0) is 26.8. The zero-order valence-electron chi connectivity index (χ0n) is 22.9. The largest absolute Gasteiger partial charge is 0.277 e. The van der Waals surface area contributed by atoms with Gasteiger partial charge in [-0.05, 0) is 48.4 Å². The summed E-state index contributed by atoms with van der Waals surface area (Å²) in [6, 6.07) is 33.8. The molecule has 0 N–H and O–H groups in total. The van der Waals surface area contributed by atoms with Crippen LogP contribution in [-0.2, 0) is 5.41 Å². The average Bonchev–Trinajstić information content (AvgIpc) is 3.47. The lowest BCUT2D eigenvalue weighted by Crippen LogP contribution is -2.19. The maximum atomic E-state index is 5.16. The predicted molar refractivity (Wildman–Crippen MR) is 163 cm³/mol. The molecule has 2 aromatic heterocycles. The molecule has 2 heterocycles. The van der Waals surface area contributed by atoms with E-state index < -0.39 is 0 Å². The van der Waals surface area contributed by atoms with Gasteiger partial charge in [-0.3, -0.25) is 4.57 Å². The lowest BCUT2D eigenvalue weighted by atomic mass is 9.77. The van der Waals surface area contributed by atoms with E-state index in [1.807, 2.05) is 36.4 Å². The van der Waals surface area contributed by atoms with Gasteiger partial charge in [-0.1, -0.05) is 110 Å². The number of aromatic nitrogens is 4. The number of hydrogen-bond acceptors (Lipinski definition) is 3. The molecule has 4 nitrogen and oxygen atoms in total. The monoisotopic (exact) mass is 518 g/mol. The Balaban J connectivity index is 1.49. The van der Waals surface area contributed by atoms with Crippen molar-refractivity contribution in [1.29, 1.82) is 0 Å². The molecule has 0 fully saturated rings. The van der Waals surface area contributed by atoms with Crippen molar-refractivity contribution in [3.05, 3.63) is 114 Å². The number of fused-ring (bicyclic) bond motifs is 6. The first kappa shape index (κ1) is 23.3. The molecular weight excluding hydrogens is 488 g/mol. The molecule has 0 atom stereocenters. The summed E-state index contributed by atoms with van der Waals surface area (Å²) in [6.45, 7) is 4.83. The van der Waals surface area contributed by atoms with Crippen LogP contribution in [0.25, 0.3) is 56.1 Å². The second kappa shape index (κ2) is 8.72. The van der Waals surface area contributed by atoms with Crippen LogP contribution < -0.4 is 0 Å². The molecule has 0 saturated carbocycles. The summed E-state index contributed by atoms with van der Waals surface area (Å²) in [6.07, 6.45) is 4.89. The highest BCUT2D eigenvalue weighted by Crippen LogP contribution is 2.55. The lowest BCUT2D eigenvalue weighted by molar-refractivity contribution is 0.576. The molecule has 0 bridgehead atoms. The van der Waals surface area contributed by atoms with Gasteiger partial charge in [0.05, 0.1) is 11.0 Å². The molecule has 0 saturated heterocycles. The van der Waals surface area contributed by atoms with Crippen molar-refractivity contribution in [2.45, 2.75) is 44.9 Å². The fourth-order valence-electron chi connectivity index (χ4n) is 7.09. The number of nitrogens with zero attached hydrogens (tertiary/aromatic N) is 4. The van der Waals surface area contributed by atoms with E-state index in [1.165, 1.54) is 53.1 Å². The zero-order valence-corrected chi connectivity index (χ0v) is 22.9. The van der Waals surface area contributed by atoms with Gasteiger partial charge in [0.2, 0.25) is 5.95 Å². The summed E-state index contributed by atoms with van der Waals surface area (Å²) in [4.78, 5) is 15.3. The maximum absolute atomic E-state index is 5.16. The van der Waals surface area contributed by atoms with Gasteiger partial charge >= 0.3 is 0 Å². The predicted octanol–water partition coefficient (Wildman–Crippen LogP) is 8.92. The molecule has 0 spiro atoms. The number of rotatable bonds is 3. The molecule has 2 aliphatic carbocycles. The molecule has 194 valence electrons. The SMILES string of the molecule is CC1(C)C2=C(CCCC2)c2ccc3c4ccccc4n(-c4nc(-c5ccccc5)nc(-c5ccccc5)n4)c3c21. The van der Waals surface area contributed by atoms with Gasteiger partial charge in [-0.15, -0.1) is 0 Å². The highest BCUT2D eigenvalue weighted by Gasteiger charge is 2.41. The summed E-state index contributed by atoms with van der Waals surface area (Å²) in [5, 5.41) is 2.48. The Hall–Kier alpha value is -4.57. The molecule has 2 aliphatic rings. The first-order valence-corrected chi connectivity index (χ1v) is 14.3. The quantitative estimate of drug-likeness (QED) is 0.235. The molecule has 0 amide bonds. The van der Waals surface area contributed by atoms with E-state index in [9.17, 15) is 0 Å². The van der Waals surface area contributed by atoms with Crippen molar-refractivity contribution in [3.63, 3.8) is 0 Å². The fourth-order valence-corrected chi connectivity index (χ4v) is 7.09. The minimum absolute atomic E-state index is 0.0473. The van der Waals surface area contributed by atoms with Gasteiger partial charge in [0.1, 0.15) is 0 Å². The van der Waals surface area contributed by atoms with Crippen molar-refractivity contribution in [1.82, 2.24) is 19.5 Å². The standard InChI is InChI=1S/C36H30N4/c1-36(2)29-19-11-9-17-25(29)27-21-22-28-26-18-10-12-20-30(26)40(32(28)31(27)36)35-38-33(23-13-5-3-6-14-23)37-34(39-35)24-15-7-4-8-16-24/h3-8,10,12-16,18,20-22H,9,11,17,19H2,1-2H3. The van der Waals surface area contributed by atoms with Gasteiger partial charge < -0.3 is 0 Å². The van der Waals surface area contributed by atoms with Gasteiger partial charge in [0.15, 0.2) is 11.6 Å². The molecule has 4 aromatic carbocycles. The normalized spacial score (nSPS) is 15.9. The second-order valence-electron chi connectivity index (χ2n) is 11.5. The highest BCUT2D eigenvalue weighted by atomic mass is 15.2. The van der Waals surface area contributed by atoms with Crippen molar-refractivity contribution >= 4 is 27.4 Å². The van der Waals surface area contributed by atoms with Crippen LogP contribution in [0.15, 0.2) is 103 Å². The third-order valence-corrected chi connectivity index (χ3v) is 8.90. The Kier molecular flexibility index (Phi) is 5.09. The van der Waals surface area contributed by atoms with Crippen LogP contribution in [0.4, 0.5) is 0 Å². The van der Waals surface area contributed by atoms with Crippen LogP contribution in [0.1, 0.15) is 50.7 Å². The van der Waals surface area contributed by atoms with E-state index in [1.54, 1.807) is 11.1 Å². The van der Waals surface area contributed by atoms with Crippen LogP contribution in [0, 0.1) is 0 Å². The molecule has 0 radical (unpaired) electrons. The summed E-state index contributed by atoms with van der Waals surface area (Å²) in [5.74, 6) is 2.02. The third-order valence-electron chi connectivity index (χ3n) is 8.90. The van der Waals surface area contributed by atoms with Crippen molar-refractivity contribution in [2.75, 3.05) is 0 Å². The Morgan fingerprint density at radius 2 is 1.25 bits per heavy atom. The topological polar surface area (TPSA) is 43.6 Å². The fraction of sp³-hybridized carbons (Fsp3) is 0.194. The Bertz CT molecular complexity index is 1910. The van der Waals surface area contributed by atoms with Crippen molar-refractivity contribution in [2.24, 2.45) is 0 Å². The van der Waals surface area contributed by atoms with Crippen LogP contribution in [0.5, 0.6) is 0 Å². The number of benzene rings is 4. The first-order valence-electron chi connectivity index (χ1n) is 14.3. The van der Waals surface area contributed by atoms with E-state index in [4.69, 9.17) is 15.0 Å². The molecule has 8 rings (SSSR count). The van der Waals surface area contributed by atoms with Crippen molar-refractivity contribution in [3.8, 4) is 28.7 Å². The first-order chi connectivity index (χ1) is 19.6. The lowest BCUT2D eigenvalue weighted by Gasteiger charge is -2.27. The minimum Gasteiger partial charge on any atom is -0.277 e. The molecule has 0 unspecified atom stereocenters. The average molecular weight is 519 g/mol. The van der Waals surface area contributed by atoms with E-state index in [-0.39, 0.29) is 5.41 Å². The molecular formula is C36H30N4. The minimum atomic E-state index is -0.0473. The maximum Gasteiger partial charge on any atom is 0.238 e. The van der Waals surface area contributed by atoms with Crippen LogP contribution in [0.2, 0.25) is 0 Å². The van der Waals surface area contributed by atoms with Gasteiger partial charge in [-0.2, -0.15) is 9.97 Å². The van der Waals surface area contributed by atoms with Crippen LogP contribution >= 0.6 is 0 Å². The third kappa shape index (κ3) is 3.35. The molecule has 6 aromatic rings. The Morgan fingerprint density at radius 3 is 1.95 bits per heavy atom. The summed E-state index contributed by atoms with van der Waals surface area (Å²) in [5.41, 5.74) is 10.3. The smallest absolute Gasteiger partial charge is 0.238 e. The summed E-state index contributed by atoms with van der Waals surface area (Å²) in [7, 11) is 0. The molecule has 40 heavy (non-hydrogen) atoms. The van der Waals surface area contributed by atoms with Crippen molar-refractivity contribution < 1.29 is 0 Å². The Morgan fingerprint density at radius 1 is 0.625 bits per heavy atom. The number of para-hydroxylation sites is 1. The number of allylic oxidation sites excluding steroid dienone is 2. The summed E-state index contributed by atoms with van der Waals surface area (Å²) < 4.78 is 2.31. The second-order valence-corrected chi connectivity index (χ2v) is 11.5. The molecule has 0 aliphatic heterocycles. The molecule has 4 heteroatoms. The summed E-state index contributed by atoms with van der Waals surface area (Å²) >= 11 is 0. The van der Waals surface area contributed by atoms with E-state index in [2.05, 4.69) is 79.1 Å². The van der Waals surface area contributed by atoms with E-state index in [0.717, 1.165) is 16.6 Å². The van der Waals surface area contributed by atoms with Crippen LogP contribution in [0.3, 0.4) is 0 Å². The Labute approximate surface area is 234 Å². The highest BCUT2D eigenvalue weighted by molar-refractivity contribution is 6.12. The van der Waals surface area contributed by atoms with Gasteiger partial charge in [-0.25, -0.2) is 4.98 Å². The van der Waals surface area contributed by atoms with E-state index in [0.29, 0.717) is 17.6 Å². The van der Waals surface area contributed by atoms with E-state index >= 15 is 0 Å². The number of hydrogen-bond donors (Lipinski definition) is 0. The van der Waals surface area contributed by atoms with Gasteiger partial charge in [0, 0.05) is 27.3 Å². The van der Waals surface area contributed by atoms with Gasteiger partial charge in [0.25, 0.3) is 0 Å². The van der Waals surface area contributed by atoms with Crippen LogP contribution in [-0.4, -0.2) is 19.5 Å².